The van der Waals surface area contributed by atoms with Gasteiger partial charge in [-0.2, -0.15) is 0 Å². The molecule has 3 nitrogen and oxygen atoms in total. The highest BCUT2D eigenvalue weighted by molar-refractivity contribution is 5.61. The molecular formula is C10H11NO2. The highest BCUT2D eigenvalue weighted by Crippen LogP contribution is 2.25. The minimum absolute atomic E-state index is 0.831. The first kappa shape index (κ1) is 7.98. The summed E-state index contributed by atoms with van der Waals surface area (Å²) in [6.45, 7) is 0. The van der Waals surface area contributed by atoms with Crippen molar-refractivity contribution in [2.75, 3.05) is 19.0 Å². The van der Waals surface area contributed by atoms with E-state index in [0.717, 1.165) is 17.0 Å². The van der Waals surface area contributed by atoms with Crippen LogP contribution >= 0.6 is 0 Å². The predicted molar refractivity (Wildman–Crippen MR) is 50.7 cm³/mol. The lowest BCUT2D eigenvalue weighted by atomic mass is 10.2. The molecule has 2 heterocycles. The van der Waals surface area contributed by atoms with E-state index >= 15 is 0 Å². The fraction of sp³-hybridized carbons (Fsp3) is 0.200. The van der Waals surface area contributed by atoms with Gasteiger partial charge in [0.1, 0.15) is 18.3 Å². The summed E-state index contributed by atoms with van der Waals surface area (Å²) in [4.78, 5) is 1.99. The van der Waals surface area contributed by atoms with E-state index in [1.165, 1.54) is 0 Å². The van der Waals surface area contributed by atoms with Crippen LogP contribution in [0.15, 0.2) is 39.8 Å². The van der Waals surface area contributed by atoms with Crippen LogP contribution in [0.3, 0.4) is 0 Å². The van der Waals surface area contributed by atoms with Crippen LogP contribution in [0.5, 0.6) is 0 Å². The zero-order valence-electron chi connectivity index (χ0n) is 7.65. The number of anilines is 1. The van der Waals surface area contributed by atoms with Crippen molar-refractivity contribution in [3.8, 4) is 11.3 Å². The smallest absolute Gasteiger partial charge is 0.139 e. The summed E-state index contributed by atoms with van der Waals surface area (Å²) >= 11 is 0. The molecule has 0 amide bonds. The summed E-state index contributed by atoms with van der Waals surface area (Å²) in [6, 6.07) is 3.85. The molecule has 68 valence electrons. The second-order valence-electron chi connectivity index (χ2n) is 3.08. The van der Waals surface area contributed by atoms with Crippen molar-refractivity contribution in [1.82, 2.24) is 0 Å². The molecule has 2 rings (SSSR count). The van der Waals surface area contributed by atoms with Gasteiger partial charge in [-0.05, 0) is 6.07 Å². The lowest BCUT2D eigenvalue weighted by Gasteiger charge is -2.06. The van der Waals surface area contributed by atoms with Gasteiger partial charge in [-0.15, -0.1) is 0 Å². The van der Waals surface area contributed by atoms with Crippen molar-refractivity contribution in [3.05, 3.63) is 30.9 Å². The van der Waals surface area contributed by atoms with Gasteiger partial charge < -0.3 is 13.7 Å². The quantitative estimate of drug-likeness (QED) is 0.706. The molecule has 0 fully saturated rings. The van der Waals surface area contributed by atoms with Crippen molar-refractivity contribution in [3.63, 3.8) is 0 Å². The van der Waals surface area contributed by atoms with Crippen LogP contribution in [0.2, 0.25) is 0 Å². The van der Waals surface area contributed by atoms with Crippen LogP contribution in [0.1, 0.15) is 0 Å². The average molecular weight is 177 g/mol. The van der Waals surface area contributed by atoms with E-state index in [1.54, 1.807) is 18.8 Å². The lowest BCUT2D eigenvalue weighted by Crippen LogP contribution is -2.06. The third-order valence-corrected chi connectivity index (χ3v) is 1.91. The molecular weight excluding hydrogens is 166 g/mol. The summed E-state index contributed by atoms with van der Waals surface area (Å²) < 4.78 is 10.3. The molecule has 0 saturated heterocycles. The molecule has 0 N–H and O–H groups in total. The first-order valence-corrected chi connectivity index (χ1v) is 4.06. The largest absolute Gasteiger partial charge is 0.472 e. The molecule has 0 saturated carbocycles. The lowest BCUT2D eigenvalue weighted by molar-refractivity contribution is 0.560. The van der Waals surface area contributed by atoms with Crippen LogP contribution in [-0.4, -0.2) is 14.1 Å². The Kier molecular flexibility index (Phi) is 1.85. The molecule has 0 radical (unpaired) electrons. The van der Waals surface area contributed by atoms with Crippen LogP contribution < -0.4 is 4.90 Å². The first-order valence-electron chi connectivity index (χ1n) is 4.06. The molecule has 0 aliphatic carbocycles. The SMILES string of the molecule is CN(C)c1coc(-c2ccoc2)c1. The number of hydrogen-bond acceptors (Lipinski definition) is 3. The third-order valence-electron chi connectivity index (χ3n) is 1.91. The molecule has 0 bridgehead atoms. The van der Waals surface area contributed by atoms with Crippen molar-refractivity contribution in [2.24, 2.45) is 0 Å². The molecule has 0 aliphatic heterocycles. The zero-order chi connectivity index (χ0) is 9.26. The van der Waals surface area contributed by atoms with Gasteiger partial charge in [0.25, 0.3) is 0 Å². The van der Waals surface area contributed by atoms with E-state index in [9.17, 15) is 0 Å². The zero-order valence-corrected chi connectivity index (χ0v) is 7.65. The van der Waals surface area contributed by atoms with Gasteiger partial charge in [-0.1, -0.05) is 0 Å². The fourth-order valence-electron chi connectivity index (χ4n) is 1.12. The molecule has 2 aromatic heterocycles. The van der Waals surface area contributed by atoms with Gasteiger partial charge in [0.2, 0.25) is 0 Å². The number of hydrogen-bond donors (Lipinski definition) is 0. The average Bonchev–Trinajstić information content (AvgIpc) is 2.75. The van der Waals surface area contributed by atoms with Gasteiger partial charge in [0.15, 0.2) is 0 Å². The Morgan fingerprint density at radius 3 is 2.62 bits per heavy atom. The summed E-state index contributed by atoms with van der Waals surface area (Å²) in [5.41, 5.74) is 2.02. The standard InChI is InChI=1S/C10H11NO2/c1-11(2)9-5-10(13-7-9)8-3-4-12-6-8/h3-7H,1-2H3. The molecule has 2 aromatic rings. The Balaban J connectivity index is 2.33. The normalized spacial score (nSPS) is 10.3. The van der Waals surface area contributed by atoms with E-state index in [4.69, 9.17) is 8.83 Å². The van der Waals surface area contributed by atoms with Crippen LogP contribution in [0.25, 0.3) is 11.3 Å². The number of rotatable bonds is 2. The molecule has 3 heteroatoms. The van der Waals surface area contributed by atoms with Gasteiger partial charge >= 0.3 is 0 Å². The van der Waals surface area contributed by atoms with Gasteiger partial charge in [-0.25, -0.2) is 0 Å². The van der Waals surface area contributed by atoms with Gasteiger partial charge in [-0.3, -0.25) is 0 Å². The molecule has 0 atom stereocenters. The highest BCUT2D eigenvalue weighted by Gasteiger charge is 2.05. The minimum atomic E-state index is 0.831. The van der Waals surface area contributed by atoms with E-state index in [0.29, 0.717) is 0 Å². The van der Waals surface area contributed by atoms with Gasteiger partial charge in [0.05, 0.1) is 17.5 Å². The molecule has 0 aliphatic rings. The van der Waals surface area contributed by atoms with Crippen molar-refractivity contribution in [2.45, 2.75) is 0 Å². The maximum absolute atomic E-state index is 5.37. The van der Waals surface area contributed by atoms with Crippen LogP contribution in [0, 0.1) is 0 Å². The van der Waals surface area contributed by atoms with Crippen molar-refractivity contribution in [1.29, 1.82) is 0 Å². The highest BCUT2D eigenvalue weighted by atomic mass is 16.3. The summed E-state index contributed by atoms with van der Waals surface area (Å²) in [5.74, 6) is 0.831. The minimum Gasteiger partial charge on any atom is -0.472 e. The molecule has 13 heavy (non-hydrogen) atoms. The Hall–Kier alpha value is -1.64. The maximum Gasteiger partial charge on any atom is 0.139 e. The van der Waals surface area contributed by atoms with Crippen molar-refractivity contribution < 1.29 is 8.83 Å². The van der Waals surface area contributed by atoms with E-state index in [1.807, 2.05) is 31.1 Å². The Bertz CT molecular complexity index is 373. The molecule has 0 spiro atoms. The van der Waals surface area contributed by atoms with Crippen molar-refractivity contribution >= 4 is 5.69 Å². The molecule has 0 unspecified atom stereocenters. The second kappa shape index (κ2) is 3.01. The number of nitrogens with zero attached hydrogens (tertiary/aromatic N) is 1. The van der Waals surface area contributed by atoms with E-state index in [-0.39, 0.29) is 0 Å². The summed E-state index contributed by atoms with van der Waals surface area (Å²) in [5, 5.41) is 0. The molecule has 0 aromatic carbocycles. The third kappa shape index (κ3) is 1.45. The second-order valence-corrected chi connectivity index (χ2v) is 3.08. The summed E-state index contributed by atoms with van der Waals surface area (Å²) in [6.07, 6.45) is 5.02. The van der Waals surface area contributed by atoms with Crippen LogP contribution in [0.4, 0.5) is 5.69 Å². The maximum atomic E-state index is 5.37. The Labute approximate surface area is 76.6 Å². The number of furan rings is 2. The van der Waals surface area contributed by atoms with E-state index in [2.05, 4.69) is 0 Å². The van der Waals surface area contributed by atoms with Crippen LogP contribution in [-0.2, 0) is 0 Å². The van der Waals surface area contributed by atoms with E-state index < -0.39 is 0 Å². The predicted octanol–water partition coefficient (Wildman–Crippen LogP) is 2.61. The van der Waals surface area contributed by atoms with Gasteiger partial charge in [0, 0.05) is 20.2 Å². The first-order chi connectivity index (χ1) is 6.27. The topological polar surface area (TPSA) is 29.5 Å². The Morgan fingerprint density at radius 1 is 1.23 bits per heavy atom. The monoisotopic (exact) mass is 177 g/mol. The summed E-state index contributed by atoms with van der Waals surface area (Å²) in [7, 11) is 3.95. The fourth-order valence-corrected chi connectivity index (χ4v) is 1.12. The Morgan fingerprint density at radius 2 is 2.08 bits per heavy atom.